The van der Waals surface area contributed by atoms with Gasteiger partial charge in [-0.2, -0.15) is 0 Å². The van der Waals surface area contributed by atoms with Gasteiger partial charge in [-0.25, -0.2) is 0 Å². The van der Waals surface area contributed by atoms with Crippen molar-refractivity contribution in [1.82, 2.24) is 10.3 Å². The predicted octanol–water partition coefficient (Wildman–Crippen LogP) is 1.39. The second-order valence-corrected chi connectivity index (χ2v) is 5.24. The monoisotopic (exact) mass is 299 g/mol. The first-order valence-electron chi connectivity index (χ1n) is 5.99. The molecule has 0 saturated carbocycles. The van der Waals surface area contributed by atoms with Gasteiger partial charge in [0.1, 0.15) is 0 Å². The molecular weight excluding hydrogens is 282 g/mol. The van der Waals surface area contributed by atoms with Crippen LogP contribution in [-0.4, -0.2) is 42.4 Å². The number of halogens is 1. The number of hydrogen-bond donors (Lipinski definition) is 2. The van der Waals surface area contributed by atoms with Crippen molar-refractivity contribution in [3.05, 3.63) is 22.9 Å². The summed E-state index contributed by atoms with van der Waals surface area (Å²) in [6.07, 6.45) is 6.07. The summed E-state index contributed by atoms with van der Waals surface area (Å²) in [4.78, 5) is 6.35. The molecule has 0 spiro atoms. The summed E-state index contributed by atoms with van der Waals surface area (Å²) in [5, 5.41) is 12.6. The summed E-state index contributed by atoms with van der Waals surface area (Å²) in [7, 11) is 0. The van der Waals surface area contributed by atoms with Gasteiger partial charge in [-0.3, -0.25) is 4.98 Å². The summed E-state index contributed by atoms with van der Waals surface area (Å²) in [6, 6.07) is 2.57. The summed E-state index contributed by atoms with van der Waals surface area (Å²) in [5.41, 5.74) is 1.06. The van der Waals surface area contributed by atoms with Crippen LogP contribution in [0, 0.1) is 0 Å². The maximum atomic E-state index is 9.15. The maximum absolute atomic E-state index is 9.15. The number of nitrogens with zero attached hydrogens (tertiary/aromatic N) is 2. The second-order valence-electron chi connectivity index (χ2n) is 4.32. The van der Waals surface area contributed by atoms with Crippen LogP contribution in [-0.2, 0) is 0 Å². The second kappa shape index (κ2) is 6.33. The predicted molar refractivity (Wildman–Crippen MR) is 72.3 cm³/mol. The van der Waals surface area contributed by atoms with Gasteiger partial charge in [-0.1, -0.05) is 0 Å². The molecule has 0 aliphatic carbocycles. The molecule has 0 aromatic carbocycles. The van der Waals surface area contributed by atoms with Crippen molar-refractivity contribution in [1.29, 1.82) is 0 Å². The zero-order valence-corrected chi connectivity index (χ0v) is 11.4. The molecule has 1 aromatic heterocycles. The van der Waals surface area contributed by atoms with Crippen LogP contribution in [0.3, 0.4) is 0 Å². The molecule has 94 valence electrons. The zero-order chi connectivity index (χ0) is 12.1. The number of nitrogens with one attached hydrogen (secondary N) is 1. The van der Waals surface area contributed by atoms with Crippen LogP contribution in [0.15, 0.2) is 22.9 Å². The van der Waals surface area contributed by atoms with Crippen molar-refractivity contribution < 1.29 is 5.11 Å². The first kappa shape index (κ1) is 12.8. The van der Waals surface area contributed by atoms with Crippen molar-refractivity contribution in [3.8, 4) is 0 Å². The molecule has 1 aliphatic rings. The van der Waals surface area contributed by atoms with Crippen molar-refractivity contribution in [2.75, 3.05) is 31.1 Å². The molecule has 2 heterocycles. The first-order chi connectivity index (χ1) is 8.29. The van der Waals surface area contributed by atoms with Gasteiger partial charge in [0.05, 0.1) is 18.5 Å². The Bertz CT molecular complexity index is 355. The maximum Gasteiger partial charge on any atom is 0.0606 e. The summed E-state index contributed by atoms with van der Waals surface area (Å²) < 4.78 is 0.970. The Hall–Kier alpha value is -0.650. The number of aliphatic hydroxyl groups is 1. The topological polar surface area (TPSA) is 48.4 Å². The lowest BCUT2D eigenvalue weighted by Gasteiger charge is -2.27. The average molecular weight is 300 g/mol. The fourth-order valence-electron chi connectivity index (χ4n) is 2.20. The number of aliphatic hydroxyl groups excluding tert-OH is 1. The minimum Gasteiger partial charge on any atom is -0.395 e. The zero-order valence-electron chi connectivity index (χ0n) is 9.77. The molecule has 1 aliphatic heterocycles. The van der Waals surface area contributed by atoms with Crippen LogP contribution >= 0.6 is 15.9 Å². The molecule has 17 heavy (non-hydrogen) atoms. The summed E-state index contributed by atoms with van der Waals surface area (Å²) in [5.74, 6) is 0. The van der Waals surface area contributed by atoms with Crippen LogP contribution < -0.4 is 10.2 Å². The Morgan fingerprint density at radius 1 is 1.53 bits per heavy atom. The van der Waals surface area contributed by atoms with Crippen LogP contribution in [0.1, 0.15) is 12.8 Å². The normalized spacial score (nSPS) is 19.5. The third-order valence-electron chi connectivity index (χ3n) is 3.03. The number of anilines is 1. The lowest BCUT2D eigenvalue weighted by Crippen LogP contribution is -2.39. The molecular formula is C12H18BrN3O. The standard InChI is InChI=1S/C12H18BrN3O/c13-10-6-12(8-14-7-10)16(4-5-17)9-11-2-1-3-15-11/h6-8,11,15,17H,1-5,9H2. The first-order valence-corrected chi connectivity index (χ1v) is 6.78. The van der Waals surface area contributed by atoms with Crippen molar-refractivity contribution >= 4 is 21.6 Å². The Kier molecular flexibility index (Phi) is 4.76. The molecule has 1 atom stereocenters. The van der Waals surface area contributed by atoms with Crippen molar-refractivity contribution in [2.45, 2.75) is 18.9 Å². The Morgan fingerprint density at radius 2 is 2.41 bits per heavy atom. The Morgan fingerprint density at radius 3 is 3.06 bits per heavy atom. The van der Waals surface area contributed by atoms with Crippen molar-refractivity contribution in [2.24, 2.45) is 0 Å². The molecule has 1 unspecified atom stereocenters. The smallest absolute Gasteiger partial charge is 0.0606 e. The minimum absolute atomic E-state index is 0.166. The van der Waals surface area contributed by atoms with E-state index in [9.17, 15) is 0 Å². The lowest BCUT2D eigenvalue weighted by atomic mass is 10.2. The number of rotatable bonds is 5. The lowest BCUT2D eigenvalue weighted by molar-refractivity contribution is 0.300. The van der Waals surface area contributed by atoms with E-state index in [0.29, 0.717) is 12.6 Å². The fraction of sp³-hybridized carbons (Fsp3) is 0.583. The van der Waals surface area contributed by atoms with Gasteiger partial charge >= 0.3 is 0 Å². The van der Waals surface area contributed by atoms with E-state index in [0.717, 1.165) is 23.2 Å². The van der Waals surface area contributed by atoms with Crippen LogP contribution in [0.5, 0.6) is 0 Å². The molecule has 1 saturated heterocycles. The molecule has 0 bridgehead atoms. The van der Waals surface area contributed by atoms with Gasteiger partial charge in [-0.15, -0.1) is 0 Å². The van der Waals surface area contributed by atoms with Gasteiger partial charge in [0, 0.05) is 29.8 Å². The molecule has 2 rings (SSSR count). The fourth-order valence-corrected chi connectivity index (χ4v) is 2.55. The molecule has 4 nitrogen and oxygen atoms in total. The number of pyridine rings is 1. The minimum atomic E-state index is 0.166. The van der Waals surface area contributed by atoms with Gasteiger partial charge in [0.25, 0.3) is 0 Å². The van der Waals surface area contributed by atoms with Gasteiger partial charge in [0.2, 0.25) is 0 Å². The molecule has 0 amide bonds. The van der Waals surface area contributed by atoms with Crippen LogP contribution in [0.2, 0.25) is 0 Å². The molecule has 2 N–H and O–H groups in total. The third-order valence-corrected chi connectivity index (χ3v) is 3.46. The van der Waals surface area contributed by atoms with E-state index < -0.39 is 0 Å². The number of aromatic nitrogens is 1. The van der Waals surface area contributed by atoms with E-state index in [1.807, 2.05) is 12.3 Å². The average Bonchev–Trinajstić information content (AvgIpc) is 2.81. The Labute approximate surface area is 110 Å². The van der Waals surface area contributed by atoms with E-state index in [1.165, 1.54) is 12.8 Å². The van der Waals surface area contributed by atoms with Gasteiger partial charge in [0.15, 0.2) is 0 Å². The SMILES string of the molecule is OCCN(CC1CCCN1)c1cncc(Br)c1. The van der Waals surface area contributed by atoms with E-state index in [4.69, 9.17) is 5.11 Å². The largest absolute Gasteiger partial charge is 0.395 e. The quantitative estimate of drug-likeness (QED) is 0.863. The van der Waals surface area contributed by atoms with Crippen LogP contribution in [0.25, 0.3) is 0 Å². The molecule has 1 aromatic rings. The summed E-state index contributed by atoms with van der Waals surface area (Å²) in [6.45, 7) is 2.85. The van der Waals surface area contributed by atoms with E-state index in [-0.39, 0.29) is 6.61 Å². The molecule has 1 fully saturated rings. The van der Waals surface area contributed by atoms with Crippen molar-refractivity contribution in [3.63, 3.8) is 0 Å². The third kappa shape index (κ3) is 3.66. The summed E-state index contributed by atoms with van der Waals surface area (Å²) >= 11 is 3.43. The van der Waals surface area contributed by atoms with Crippen LogP contribution in [0.4, 0.5) is 5.69 Å². The van der Waals surface area contributed by atoms with Gasteiger partial charge < -0.3 is 15.3 Å². The number of hydrogen-bond acceptors (Lipinski definition) is 4. The van der Waals surface area contributed by atoms with E-state index >= 15 is 0 Å². The molecule has 0 radical (unpaired) electrons. The Balaban J connectivity index is 2.04. The highest BCUT2D eigenvalue weighted by Gasteiger charge is 2.18. The highest BCUT2D eigenvalue weighted by atomic mass is 79.9. The highest BCUT2D eigenvalue weighted by Crippen LogP contribution is 2.19. The van der Waals surface area contributed by atoms with Gasteiger partial charge in [-0.05, 0) is 41.4 Å². The van der Waals surface area contributed by atoms with E-state index in [1.54, 1.807) is 6.20 Å². The highest BCUT2D eigenvalue weighted by molar-refractivity contribution is 9.10. The van der Waals surface area contributed by atoms with E-state index in [2.05, 4.69) is 31.1 Å². The molecule has 5 heteroatoms.